The lowest BCUT2D eigenvalue weighted by atomic mass is 10.2. The van der Waals surface area contributed by atoms with Crippen molar-refractivity contribution in [3.63, 3.8) is 0 Å². The van der Waals surface area contributed by atoms with E-state index in [-0.39, 0.29) is 17.4 Å². The number of rotatable bonds is 2. The molecule has 6 heteroatoms. The van der Waals surface area contributed by atoms with Crippen LogP contribution < -0.4 is 5.56 Å². The average molecular weight is 277 g/mol. The Balaban J connectivity index is 2.03. The van der Waals surface area contributed by atoms with Crippen molar-refractivity contribution in [1.29, 1.82) is 0 Å². The van der Waals surface area contributed by atoms with E-state index in [0.29, 0.717) is 38.2 Å². The largest absolute Gasteiger partial charge is 0.341 e. The van der Waals surface area contributed by atoms with Gasteiger partial charge in [-0.3, -0.25) is 14.4 Å². The smallest absolute Gasteiger partial charge is 0.255 e. The van der Waals surface area contributed by atoms with E-state index in [9.17, 15) is 14.4 Å². The SMILES string of the molecule is CCC(=O)N1CCCN(C(=O)c2ccc(=O)[nH]c2)CC1. The van der Waals surface area contributed by atoms with E-state index in [1.54, 1.807) is 9.80 Å². The third-order valence-electron chi connectivity index (χ3n) is 3.47. The Morgan fingerprint density at radius 2 is 1.85 bits per heavy atom. The highest BCUT2D eigenvalue weighted by atomic mass is 16.2. The molecule has 1 saturated heterocycles. The molecule has 2 heterocycles. The van der Waals surface area contributed by atoms with Gasteiger partial charge in [-0.1, -0.05) is 6.92 Å². The molecule has 1 N–H and O–H groups in total. The van der Waals surface area contributed by atoms with Crippen LogP contribution in [0.5, 0.6) is 0 Å². The number of amides is 2. The molecule has 2 rings (SSSR count). The van der Waals surface area contributed by atoms with Crippen molar-refractivity contribution in [3.8, 4) is 0 Å². The van der Waals surface area contributed by atoms with Gasteiger partial charge in [-0.2, -0.15) is 0 Å². The molecule has 0 radical (unpaired) electrons. The third-order valence-corrected chi connectivity index (χ3v) is 3.47. The minimum absolute atomic E-state index is 0.105. The first-order valence-electron chi connectivity index (χ1n) is 6.87. The lowest BCUT2D eigenvalue weighted by molar-refractivity contribution is -0.130. The average Bonchev–Trinajstić information content (AvgIpc) is 2.72. The number of aromatic nitrogens is 1. The maximum absolute atomic E-state index is 12.3. The van der Waals surface area contributed by atoms with E-state index >= 15 is 0 Å². The number of hydrogen-bond donors (Lipinski definition) is 1. The molecule has 0 unspecified atom stereocenters. The van der Waals surface area contributed by atoms with Gasteiger partial charge in [0, 0.05) is 44.9 Å². The quantitative estimate of drug-likeness (QED) is 0.853. The highest BCUT2D eigenvalue weighted by Gasteiger charge is 2.22. The molecule has 0 aliphatic carbocycles. The zero-order valence-electron chi connectivity index (χ0n) is 11.6. The van der Waals surface area contributed by atoms with Crippen LogP contribution in [0.1, 0.15) is 30.1 Å². The molecule has 2 amide bonds. The normalized spacial score (nSPS) is 15.8. The van der Waals surface area contributed by atoms with Crippen molar-refractivity contribution >= 4 is 11.8 Å². The van der Waals surface area contributed by atoms with Crippen molar-refractivity contribution in [1.82, 2.24) is 14.8 Å². The van der Waals surface area contributed by atoms with Crippen molar-refractivity contribution in [2.75, 3.05) is 26.2 Å². The summed E-state index contributed by atoms with van der Waals surface area (Å²) in [5.74, 6) is 0.0235. The van der Waals surface area contributed by atoms with E-state index in [4.69, 9.17) is 0 Å². The first kappa shape index (κ1) is 14.3. The molecule has 0 spiro atoms. The fourth-order valence-electron chi connectivity index (χ4n) is 2.32. The predicted octanol–water partition coefficient (Wildman–Crippen LogP) is 0.459. The van der Waals surface area contributed by atoms with Crippen molar-refractivity contribution in [2.24, 2.45) is 0 Å². The van der Waals surface area contributed by atoms with Crippen molar-refractivity contribution in [2.45, 2.75) is 19.8 Å². The Morgan fingerprint density at radius 1 is 1.15 bits per heavy atom. The molecule has 0 saturated carbocycles. The zero-order valence-corrected chi connectivity index (χ0v) is 11.6. The monoisotopic (exact) mass is 277 g/mol. The van der Waals surface area contributed by atoms with Crippen LogP contribution in [0.25, 0.3) is 0 Å². The van der Waals surface area contributed by atoms with Gasteiger partial charge in [0.05, 0.1) is 5.56 Å². The molecule has 1 aromatic heterocycles. The standard InChI is InChI=1S/C14H19N3O3/c1-2-13(19)16-6-3-7-17(9-8-16)14(20)11-4-5-12(18)15-10-11/h4-5,10H,2-3,6-9H2,1H3,(H,15,18). The summed E-state index contributed by atoms with van der Waals surface area (Å²) in [5.41, 5.74) is 0.247. The Labute approximate surface area is 117 Å². The highest BCUT2D eigenvalue weighted by Crippen LogP contribution is 2.08. The summed E-state index contributed by atoms with van der Waals surface area (Å²) in [7, 11) is 0. The van der Waals surface area contributed by atoms with Gasteiger partial charge in [0.25, 0.3) is 5.91 Å². The van der Waals surface area contributed by atoms with Gasteiger partial charge in [0.15, 0.2) is 0 Å². The van der Waals surface area contributed by atoms with E-state index in [2.05, 4.69) is 4.98 Å². The van der Waals surface area contributed by atoms with Crippen molar-refractivity contribution < 1.29 is 9.59 Å². The summed E-state index contributed by atoms with van der Waals surface area (Å²) in [4.78, 5) is 41.0. The van der Waals surface area contributed by atoms with Gasteiger partial charge in [-0.05, 0) is 12.5 Å². The second kappa shape index (κ2) is 6.36. The molecular weight excluding hydrogens is 258 g/mol. The molecule has 1 aromatic rings. The molecule has 1 fully saturated rings. The first-order chi connectivity index (χ1) is 9.61. The van der Waals surface area contributed by atoms with E-state index in [1.165, 1.54) is 18.3 Å². The number of H-pyrrole nitrogens is 1. The summed E-state index contributed by atoms with van der Waals surface area (Å²) in [6.45, 7) is 4.27. The Kier molecular flexibility index (Phi) is 4.55. The maximum Gasteiger partial charge on any atom is 0.255 e. The molecule has 0 aromatic carbocycles. The van der Waals surface area contributed by atoms with Crippen LogP contribution in [0.3, 0.4) is 0 Å². The Morgan fingerprint density at radius 3 is 2.50 bits per heavy atom. The second-order valence-electron chi connectivity index (χ2n) is 4.82. The Hall–Kier alpha value is -2.11. The number of hydrogen-bond acceptors (Lipinski definition) is 3. The number of carbonyl (C=O) groups is 2. The van der Waals surface area contributed by atoms with Crippen LogP contribution in [0.15, 0.2) is 23.1 Å². The van der Waals surface area contributed by atoms with Crippen LogP contribution in [0, 0.1) is 0 Å². The van der Waals surface area contributed by atoms with E-state index < -0.39 is 0 Å². The summed E-state index contributed by atoms with van der Waals surface area (Å²) in [6.07, 6.45) is 2.71. The third kappa shape index (κ3) is 3.26. The van der Waals surface area contributed by atoms with Crippen LogP contribution >= 0.6 is 0 Å². The zero-order chi connectivity index (χ0) is 14.5. The molecular formula is C14H19N3O3. The van der Waals surface area contributed by atoms with Gasteiger partial charge >= 0.3 is 0 Å². The number of nitrogens with zero attached hydrogens (tertiary/aromatic N) is 2. The molecule has 1 aliphatic heterocycles. The number of carbonyl (C=O) groups excluding carboxylic acids is 2. The molecule has 108 valence electrons. The second-order valence-corrected chi connectivity index (χ2v) is 4.82. The maximum atomic E-state index is 12.3. The minimum atomic E-state index is -0.225. The molecule has 20 heavy (non-hydrogen) atoms. The first-order valence-corrected chi connectivity index (χ1v) is 6.87. The summed E-state index contributed by atoms with van der Waals surface area (Å²) >= 11 is 0. The number of pyridine rings is 1. The van der Waals surface area contributed by atoms with Gasteiger partial charge in [-0.25, -0.2) is 0 Å². The van der Waals surface area contributed by atoms with Gasteiger partial charge in [-0.15, -0.1) is 0 Å². The molecule has 0 atom stereocenters. The topological polar surface area (TPSA) is 73.5 Å². The van der Waals surface area contributed by atoms with Crippen LogP contribution in [-0.2, 0) is 4.79 Å². The highest BCUT2D eigenvalue weighted by molar-refractivity contribution is 5.93. The van der Waals surface area contributed by atoms with Gasteiger partial charge < -0.3 is 14.8 Å². The van der Waals surface area contributed by atoms with Crippen LogP contribution in [0.4, 0.5) is 0 Å². The fraction of sp³-hybridized carbons (Fsp3) is 0.500. The van der Waals surface area contributed by atoms with Crippen LogP contribution in [-0.4, -0.2) is 52.8 Å². The predicted molar refractivity (Wildman–Crippen MR) is 74.5 cm³/mol. The Bertz CT molecular complexity index is 532. The lowest BCUT2D eigenvalue weighted by Crippen LogP contribution is -2.37. The minimum Gasteiger partial charge on any atom is -0.341 e. The van der Waals surface area contributed by atoms with Gasteiger partial charge in [0.1, 0.15) is 0 Å². The lowest BCUT2D eigenvalue weighted by Gasteiger charge is -2.21. The van der Waals surface area contributed by atoms with Gasteiger partial charge in [0.2, 0.25) is 11.5 Å². The summed E-state index contributed by atoms with van der Waals surface area (Å²) < 4.78 is 0. The molecule has 1 aliphatic rings. The van der Waals surface area contributed by atoms with E-state index in [1.807, 2.05) is 6.92 Å². The summed E-state index contributed by atoms with van der Waals surface area (Å²) in [6, 6.07) is 2.87. The fourth-order valence-corrected chi connectivity index (χ4v) is 2.32. The molecule has 6 nitrogen and oxygen atoms in total. The molecule has 0 bridgehead atoms. The summed E-state index contributed by atoms with van der Waals surface area (Å²) in [5, 5.41) is 0. The van der Waals surface area contributed by atoms with E-state index in [0.717, 1.165) is 6.42 Å². The number of nitrogens with one attached hydrogen (secondary N) is 1. The van der Waals surface area contributed by atoms with Crippen molar-refractivity contribution in [3.05, 3.63) is 34.2 Å². The number of aromatic amines is 1. The van der Waals surface area contributed by atoms with Crippen LogP contribution in [0.2, 0.25) is 0 Å².